The molecule has 1 amide bonds. The van der Waals surface area contributed by atoms with Crippen LogP contribution in [0.3, 0.4) is 0 Å². The van der Waals surface area contributed by atoms with Crippen LogP contribution in [0, 0.1) is 10.1 Å². The van der Waals surface area contributed by atoms with Crippen LogP contribution in [-0.2, 0) is 9.47 Å². The van der Waals surface area contributed by atoms with Gasteiger partial charge in [0.25, 0.3) is 11.6 Å². The normalized spacial score (nSPS) is 23.8. The Morgan fingerprint density at radius 1 is 1.19 bits per heavy atom. The van der Waals surface area contributed by atoms with Crippen LogP contribution in [0.1, 0.15) is 42.5 Å². The van der Waals surface area contributed by atoms with E-state index in [9.17, 15) is 14.9 Å². The minimum Gasteiger partial charge on any atom is -0.377 e. The van der Waals surface area contributed by atoms with Gasteiger partial charge in [0, 0.05) is 24.2 Å². The standard InChI is InChI=1S/C18H23N3O5/c22-17(20-8-2-1-3-15(20)18-25-9-10-26-18)12-4-7-14(19-13-5-6-13)16(11-12)21(23)24/h4,7,11,13,15,18-19H,1-3,5-6,8-10H2. The molecule has 0 radical (unpaired) electrons. The number of carbonyl (C=O) groups is 1. The number of nitrogens with zero attached hydrogens (tertiary/aromatic N) is 2. The van der Waals surface area contributed by atoms with Crippen molar-refractivity contribution in [2.24, 2.45) is 0 Å². The van der Waals surface area contributed by atoms with Crippen molar-refractivity contribution < 1.29 is 19.2 Å². The molecule has 2 aliphatic heterocycles. The topological polar surface area (TPSA) is 93.9 Å². The number of rotatable bonds is 5. The highest BCUT2D eigenvalue weighted by molar-refractivity contribution is 5.96. The zero-order valence-corrected chi connectivity index (χ0v) is 14.6. The van der Waals surface area contributed by atoms with E-state index in [0.29, 0.717) is 37.1 Å². The second kappa shape index (κ2) is 7.20. The quantitative estimate of drug-likeness (QED) is 0.640. The molecular weight excluding hydrogens is 338 g/mol. The van der Waals surface area contributed by atoms with Gasteiger partial charge in [-0.2, -0.15) is 0 Å². The van der Waals surface area contributed by atoms with Crippen LogP contribution in [0.15, 0.2) is 18.2 Å². The third-order valence-electron chi connectivity index (χ3n) is 5.15. The summed E-state index contributed by atoms with van der Waals surface area (Å²) in [6, 6.07) is 4.86. The number of benzene rings is 1. The lowest BCUT2D eigenvalue weighted by Gasteiger charge is -2.38. The molecule has 2 saturated heterocycles. The predicted octanol–water partition coefficient (Wildman–Crippen LogP) is 2.54. The summed E-state index contributed by atoms with van der Waals surface area (Å²) in [4.78, 5) is 25.8. The smallest absolute Gasteiger partial charge is 0.293 e. The summed E-state index contributed by atoms with van der Waals surface area (Å²) in [5.74, 6) is -0.199. The average Bonchev–Trinajstić information content (AvgIpc) is 3.30. The Hall–Kier alpha value is -2.19. The number of nitrogens with one attached hydrogen (secondary N) is 1. The molecule has 3 aliphatic rings. The van der Waals surface area contributed by atoms with Gasteiger partial charge in [-0.05, 0) is 44.2 Å². The molecule has 1 aliphatic carbocycles. The van der Waals surface area contributed by atoms with Crippen molar-refractivity contribution >= 4 is 17.3 Å². The van der Waals surface area contributed by atoms with Crippen molar-refractivity contribution in [3.63, 3.8) is 0 Å². The first-order valence-corrected chi connectivity index (χ1v) is 9.22. The number of carbonyl (C=O) groups excluding carboxylic acids is 1. The molecule has 1 saturated carbocycles. The lowest BCUT2D eigenvalue weighted by molar-refractivity contribution is -0.384. The second-order valence-corrected chi connectivity index (χ2v) is 7.08. The lowest BCUT2D eigenvalue weighted by Crippen LogP contribution is -2.50. The minimum absolute atomic E-state index is 0.0512. The molecule has 2 heterocycles. The van der Waals surface area contributed by atoms with Crippen molar-refractivity contribution in [1.29, 1.82) is 0 Å². The molecule has 140 valence electrons. The van der Waals surface area contributed by atoms with Gasteiger partial charge in [-0.1, -0.05) is 0 Å². The third-order valence-corrected chi connectivity index (χ3v) is 5.15. The molecule has 8 heteroatoms. The van der Waals surface area contributed by atoms with E-state index >= 15 is 0 Å². The monoisotopic (exact) mass is 361 g/mol. The fourth-order valence-corrected chi connectivity index (χ4v) is 3.64. The number of nitro groups is 1. The van der Waals surface area contributed by atoms with E-state index in [2.05, 4.69) is 5.32 Å². The largest absolute Gasteiger partial charge is 0.377 e. The number of amides is 1. The van der Waals surface area contributed by atoms with Crippen LogP contribution in [0.5, 0.6) is 0 Å². The number of piperidine rings is 1. The fourth-order valence-electron chi connectivity index (χ4n) is 3.64. The highest BCUT2D eigenvalue weighted by Gasteiger charge is 2.37. The first kappa shape index (κ1) is 17.2. The van der Waals surface area contributed by atoms with Gasteiger partial charge in [-0.15, -0.1) is 0 Å². The van der Waals surface area contributed by atoms with E-state index in [1.54, 1.807) is 17.0 Å². The first-order valence-electron chi connectivity index (χ1n) is 9.22. The molecule has 1 N–H and O–H groups in total. The third kappa shape index (κ3) is 3.52. The highest BCUT2D eigenvalue weighted by atomic mass is 16.7. The van der Waals surface area contributed by atoms with E-state index in [0.717, 1.165) is 32.1 Å². The van der Waals surface area contributed by atoms with Crippen molar-refractivity contribution in [1.82, 2.24) is 4.90 Å². The number of hydrogen-bond donors (Lipinski definition) is 1. The van der Waals surface area contributed by atoms with Gasteiger partial charge < -0.3 is 19.7 Å². The van der Waals surface area contributed by atoms with Crippen molar-refractivity contribution in [3.05, 3.63) is 33.9 Å². The average molecular weight is 361 g/mol. The molecule has 0 spiro atoms. The van der Waals surface area contributed by atoms with E-state index in [4.69, 9.17) is 9.47 Å². The van der Waals surface area contributed by atoms with E-state index in [-0.39, 0.29) is 17.6 Å². The number of anilines is 1. The summed E-state index contributed by atoms with van der Waals surface area (Å²) in [6.45, 7) is 1.69. The molecule has 26 heavy (non-hydrogen) atoms. The van der Waals surface area contributed by atoms with Crippen LogP contribution in [0.4, 0.5) is 11.4 Å². The fraction of sp³-hybridized carbons (Fsp3) is 0.611. The van der Waals surface area contributed by atoms with Gasteiger partial charge in [0.1, 0.15) is 5.69 Å². The van der Waals surface area contributed by atoms with Crippen molar-refractivity contribution in [2.75, 3.05) is 25.1 Å². The number of hydrogen-bond acceptors (Lipinski definition) is 6. The zero-order valence-electron chi connectivity index (χ0n) is 14.6. The van der Waals surface area contributed by atoms with Gasteiger partial charge in [-0.3, -0.25) is 14.9 Å². The van der Waals surface area contributed by atoms with Gasteiger partial charge in [0.15, 0.2) is 6.29 Å². The molecule has 1 aromatic rings. The van der Waals surface area contributed by atoms with Gasteiger partial charge in [0.2, 0.25) is 0 Å². The maximum Gasteiger partial charge on any atom is 0.293 e. The Balaban J connectivity index is 1.57. The molecular formula is C18H23N3O5. The number of nitro benzene ring substituents is 1. The van der Waals surface area contributed by atoms with E-state index in [1.165, 1.54) is 6.07 Å². The molecule has 4 rings (SSSR count). The Bertz CT molecular complexity index is 700. The Morgan fingerprint density at radius 2 is 1.96 bits per heavy atom. The van der Waals surface area contributed by atoms with Crippen molar-refractivity contribution in [2.45, 2.75) is 50.5 Å². The lowest BCUT2D eigenvalue weighted by atomic mass is 10.00. The molecule has 0 aromatic heterocycles. The maximum atomic E-state index is 13.1. The van der Waals surface area contributed by atoms with Crippen LogP contribution in [0.25, 0.3) is 0 Å². The molecule has 1 atom stereocenters. The Kier molecular flexibility index (Phi) is 4.78. The molecule has 3 fully saturated rings. The number of likely N-dealkylation sites (tertiary alicyclic amines) is 1. The SMILES string of the molecule is O=C(c1ccc(NC2CC2)c([N+](=O)[O-])c1)N1CCCCC1C1OCCO1. The zero-order chi connectivity index (χ0) is 18.1. The summed E-state index contributed by atoms with van der Waals surface area (Å²) < 4.78 is 11.2. The van der Waals surface area contributed by atoms with Crippen LogP contribution in [0.2, 0.25) is 0 Å². The molecule has 0 bridgehead atoms. The van der Waals surface area contributed by atoms with Crippen LogP contribution in [-0.4, -0.2) is 53.9 Å². The summed E-state index contributed by atoms with van der Waals surface area (Å²) >= 11 is 0. The van der Waals surface area contributed by atoms with E-state index in [1.807, 2.05) is 0 Å². The summed E-state index contributed by atoms with van der Waals surface area (Å²) in [6.07, 6.45) is 4.40. The maximum absolute atomic E-state index is 13.1. The summed E-state index contributed by atoms with van der Waals surface area (Å²) in [7, 11) is 0. The minimum atomic E-state index is -0.432. The van der Waals surface area contributed by atoms with Crippen molar-refractivity contribution in [3.8, 4) is 0 Å². The number of ether oxygens (including phenoxy) is 2. The van der Waals surface area contributed by atoms with Gasteiger partial charge >= 0.3 is 0 Å². The molecule has 8 nitrogen and oxygen atoms in total. The van der Waals surface area contributed by atoms with Gasteiger partial charge in [0.05, 0.1) is 24.2 Å². The Labute approximate surface area is 151 Å². The van der Waals surface area contributed by atoms with E-state index < -0.39 is 11.2 Å². The highest BCUT2D eigenvalue weighted by Crippen LogP contribution is 2.33. The van der Waals surface area contributed by atoms with Crippen LogP contribution >= 0.6 is 0 Å². The Morgan fingerprint density at radius 3 is 2.65 bits per heavy atom. The predicted molar refractivity (Wildman–Crippen MR) is 94.1 cm³/mol. The molecule has 1 unspecified atom stereocenters. The summed E-state index contributed by atoms with van der Waals surface area (Å²) in [5, 5.41) is 14.6. The van der Waals surface area contributed by atoms with Crippen LogP contribution < -0.4 is 5.32 Å². The summed E-state index contributed by atoms with van der Waals surface area (Å²) in [5.41, 5.74) is 0.763. The van der Waals surface area contributed by atoms with Gasteiger partial charge in [-0.25, -0.2) is 0 Å². The second-order valence-electron chi connectivity index (χ2n) is 7.08. The first-order chi connectivity index (χ1) is 12.6. The molecule has 1 aromatic carbocycles.